The van der Waals surface area contributed by atoms with Crippen molar-refractivity contribution in [3.8, 4) is 0 Å². The Morgan fingerprint density at radius 3 is 2.50 bits per heavy atom. The van der Waals surface area contributed by atoms with Crippen molar-refractivity contribution in [3.63, 3.8) is 0 Å². The van der Waals surface area contributed by atoms with Gasteiger partial charge in [-0.3, -0.25) is 0 Å². The third-order valence-corrected chi connectivity index (χ3v) is 4.96. The summed E-state index contributed by atoms with van der Waals surface area (Å²) in [6, 6.07) is 0. The first-order valence-electron chi connectivity index (χ1n) is 6.88. The number of nitrogens with zero attached hydrogens (tertiary/aromatic N) is 2. The SMILES string of the molecule is CCNc1nc(CS(C)(=O)=O)nc(C2CCCC2)c1Br. The molecule has 1 N–H and O–H groups in total. The van der Waals surface area contributed by atoms with Crippen LogP contribution in [0.1, 0.15) is 50.0 Å². The van der Waals surface area contributed by atoms with Gasteiger partial charge in [-0.05, 0) is 35.7 Å². The van der Waals surface area contributed by atoms with Crippen molar-refractivity contribution in [2.75, 3.05) is 18.1 Å². The van der Waals surface area contributed by atoms with Gasteiger partial charge < -0.3 is 5.32 Å². The molecule has 0 radical (unpaired) electrons. The standard InChI is InChI=1S/C13H20BrN3O2S/c1-3-15-13-11(14)12(9-6-4-5-7-9)16-10(17-13)8-20(2,18)19/h9H,3-8H2,1-2H3,(H,15,16,17). The van der Waals surface area contributed by atoms with E-state index in [1.807, 2.05) is 6.92 Å². The quantitative estimate of drug-likeness (QED) is 0.872. The lowest BCUT2D eigenvalue weighted by molar-refractivity contribution is 0.599. The second kappa shape index (κ2) is 6.39. The van der Waals surface area contributed by atoms with E-state index in [9.17, 15) is 8.42 Å². The molecule has 1 aromatic heterocycles. The Labute approximate surface area is 128 Å². The largest absolute Gasteiger partial charge is 0.369 e. The third-order valence-electron chi connectivity index (χ3n) is 3.40. The van der Waals surface area contributed by atoms with Crippen molar-refractivity contribution >= 4 is 31.6 Å². The maximum Gasteiger partial charge on any atom is 0.154 e. The molecule has 1 fully saturated rings. The molecule has 0 unspecified atom stereocenters. The number of anilines is 1. The first-order chi connectivity index (χ1) is 9.40. The monoisotopic (exact) mass is 361 g/mol. The van der Waals surface area contributed by atoms with Gasteiger partial charge >= 0.3 is 0 Å². The zero-order chi connectivity index (χ0) is 14.8. The number of nitrogens with one attached hydrogen (secondary N) is 1. The molecule has 7 heteroatoms. The van der Waals surface area contributed by atoms with Gasteiger partial charge in [0.05, 0.1) is 10.2 Å². The number of hydrogen-bond donors (Lipinski definition) is 1. The predicted octanol–water partition coefficient (Wildman–Crippen LogP) is 2.87. The van der Waals surface area contributed by atoms with Crippen LogP contribution >= 0.6 is 15.9 Å². The maximum absolute atomic E-state index is 11.5. The first kappa shape index (κ1) is 15.7. The highest BCUT2D eigenvalue weighted by Crippen LogP contribution is 2.38. The van der Waals surface area contributed by atoms with Crippen LogP contribution in [-0.4, -0.2) is 31.2 Å². The Kier molecular flexibility index (Phi) is 5.01. The summed E-state index contributed by atoms with van der Waals surface area (Å²) < 4.78 is 23.8. The van der Waals surface area contributed by atoms with Gasteiger partial charge in [0.1, 0.15) is 17.4 Å². The minimum absolute atomic E-state index is 0.113. The second-order valence-electron chi connectivity index (χ2n) is 5.27. The van der Waals surface area contributed by atoms with Crippen LogP contribution in [0.4, 0.5) is 5.82 Å². The number of halogens is 1. The maximum atomic E-state index is 11.5. The fourth-order valence-corrected chi connectivity index (χ4v) is 3.81. The van der Waals surface area contributed by atoms with Gasteiger partial charge in [-0.1, -0.05) is 12.8 Å². The molecule has 0 aliphatic heterocycles. The Bertz CT molecular complexity index is 584. The average molecular weight is 362 g/mol. The molecule has 2 rings (SSSR count). The molecule has 5 nitrogen and oxygen atoms in total. The molecule has 112 valence electrons. The first-order valence-corrected chi connectivity index (χ1v) is 9.74. The molecular weight excluding hydrogens is 342 g/mol. The highest BCUT2D eigenvalue weighted by atomic mass is 79.9. The summed E-state index contributed by atoms with van der Waals surface area (Å²) in [5.74, 6) is 1.37. The van der Waals surface area contributed by atoms with Crippen LogP contribution in [0, 0.1) is 0 Å². The van der Waals surface area contributed by atoms with E-state index in [0.29, 0.717) is 17.6 Å². The van der Waals surface area contributed by atoms with Crippen molar-refractivity contribution in [3.05, 3.63) is 16.0 Å². The third kappa shape index (κ3) is 3.91. The van der Waals surface area contributed by atoms with Gasteiger partial charge in [0, 0.05) is 18.7 Å². The van der Waals surface area contributed by atoms with Crippen LogP contribution in [0.2, 0.25) is 0 Å². The summed E-state index contributed by atoms with van der Waals surface area (Å²) in [6.07, 6.45) is 5.84. The van der Waals surface area contributed by atoms with E-state index in [0.717, 1.165) is 29.6 Å². The van der Waals surface area contributed by atoms with Gasteiger partial charge in [-0.15, -0.1) is 0 Å². The minimum Gasteiger partial charge on any atom is -0.369 e. The summed E-state index contributed by atoms with van der Waals surface area (Å²) >= 11 is 3.57. The topological polar surface area (TPSA) is 72.0 Å². The van der Waals surface area contributed by atoms with Crippen LogP contribution < -0.4 is 5.32 Å². The summed E-state index contributed by atoms with van der Waals surface area (Å²) in [5, 5.41) is 3.17. The molecule has 0 aromatic carbocycles. The van der Waals surface area contributed by atoms with Crippen LogP contribution in [-0.2, 0) is 15.6 Å². The molecule has 0 spiro atoms. The van der Waals surface area contributed by atoms with E-state index in [4.69, 9.17) is 0 Å². The Balaban J connectivity index is 2.42. The summed E-state index contributed by atoms with van der Waals surface area (Å²) in [6.45, 7) is 2.72. The van der Waals surface area contributed by atoms with Crippen molar-refractivity contribution in [2.24, 2.45) is 0 Å². The zero-order valence-corrected chi connectivity index (χ0v) is 14.2. The van der Waals surface area contributed by atoms with E-state index in [1.54, 1.807) is 0 Å². The summed E-state index contributed by atoms with van der Waals surface area (Å²) in [4.78, 5) is 8.84. The number of aromatic nitrogens is 2. The Hall–Kier alpha value is -0.690. The second-order valence-corrected chi connectivity index (χ2v) is 8.20. The molecule has 0 saturated heterocycles. The van der Waals surface area contributed by atoms with Gasteiger partial charge in [0.2, 0.25) is 0 Å². The van der Waals surface area contributed by atoms with Crippen molar-refractivity contribution in [1.29, 1.82) is 0 Å². The molecule has 1 aliphatic carbocycles. The Morgan fingerprint density at radius 2 is 1.95 bits per heavy atom. The molecule has 1 heterocycles. The fourth-order valence-electron chi connectivity index (χ4n) is 2.57. The Morgan fingerprint density at radius 1 is 1.30 bits per heavy atom. The smallest absolute Gasteiger partial charge is 0.154 e. The lowest BCUT2D eigenvalue weighted by Crippen LogP contribution is -2.12. The molecule has 0 bridgehead atoms. The van der Waals surface area contributed by atoms with Crippen LogP contribution in [0.15, 0.2) is 4.47 Å². The van der Waals surface area contributed by atoms with E-state index < -0.39 is 9.84 Å². The van der Waals surface area contributed by atoms with E-state index in [2.05, 4.69) is 31.2 Å². The number of hydrogen-bond acceptors (Lipinski definition) is 5. The number of rotatable bonds is 5. The van der Waals surface area contributed by atoms with Crippen LogP contribution in [0.5, 0.6) is 0 Å². The lowest BCUT2D eigenvalue weighted by atomic mass is 10.0. The van der Waals surface area contributed by atoms with Crippen molar-refractivity contribution < 1.29 is 8.42 Å². The fraction of sp³-hybridized carbons (Fsp3) is 0.692. The van der Waals surface area contributed by atoms with Gasteiger partial charge in [0.25, 0.3) is 0 Å². The molecule has 1 aliphatic rings. The van der Waals surface area contributed by atoms with Crippen LogP contribution in [0.25, 0.3) is 0 Å². The molecule has 0 amide bonds. The normalized spacial score (nSPS) is 16.6. The van der Waals surface area contributed by atoms with E-state index in [1.165, 1.54) is 19.1 Å². The number of sulfone groups is 1. The zero-order valence-electron chi connectivity index (χ0n) is 11.8. The van der Waals surface area contributed by atoms with Crippen LogP contribution in [0.3, 0.4) is 0 Å². The molecule has 1 saturated carbocycles. The van der Waals surface area contributed by atoms with Crippen molar-refractivity contribution in [2.45, 2.75) is 44.3 Å². The highest BCUT2D eigenvalue weighted by molar-refractivity contribution is 9.10. The summed E-state index contributed by atoms with van der Waals surface area (Å²) in [7, 11) is -3.13. The molecule has 0 atom stereocenters. The molecule has 1 aromatic rings. The predicted molar refractivity (Wildman–Crippen MR) is 83.7 cm³/mol. The van der Waals surface area contributed by atoms with Gasteiger partial charge in [0.15, 0.2) is 9.84 Å². The van der Waals surface area contributed by atoms with Crippen molar-refractivity contribution in [1.82, 2.24) is 9.97 Å². The summed E-state index contributed by atoms with van der Waals surface area (Å²) in [5.41, 5.74) is 0.951. The molecular formula is C13H20BrN3O2S. The lowest BCUT2D eigenvalue weighted by Gasteiger charge is -2.15. The minimum atomic E-state index is -3.13. The van der Waals surface area contributed by atoms with E-state index >= 15 is 0 Å². The van der Waals surface area contributed by atoms with Gasteiger partial charge in [-0.2, -0.15) is 0 Å². The van der Waals surface area contributed by atoms with Gasteiger partial charge in [-0.25, -0.2) is 18.4 Å². The average Bonchev–Trinajstić information content (AvgIpc) is 2.85. The van der Waals surface area contributed by atoms with E-state index in [-0.39, 0.29) is 5.75 Å². The highest BCUT2D eigenvalue weighted by Gasteiger charge is 2.24. The molecule has 20 heavy (non-hydrogen) atoms.